The number of nitrogens with zero attached hydrogens (tertiary/aromatic N) is 1. The van der Waals surface area contributed by atoms with Gasteiger partial charge in [0.25, 0.3) is 5.69 Å². The van der Waals surface area contributed by atoms with Crippen molar-refractivity contribution >= 4 is 17.3 Å². The Morgan fingerprint density at radius 1 is 1.30 bits per heavy atom. The van der Waals surface area contributed by atoms with E-state index in [2.05, 4.69) is 0 Å². The second-order valence-electron chi connectivity index (χ2n) is 4.56. The molecule has 0 aliphatic heterocycles. The van der Waals surface area contributed by atoms with Gasteiger partial charge in [-0.2, -0.15) is 0 Å². The fourth-order valence-electron chi connectivity index (χ4n) is 1.92. The molecule has 0 bridgehead atoms. The number of carbonyl (C=O) groups excluding carboxylic acids is 1. The molecule has 0 atom stereocenters. The van der Waals surface area contributed by atoms with Crippen LogP contribution in [0.15, 0.2) is 36.4 Å². The molecule has 2 N–H and O–H groups in total. The average molecular weight is 320 g/mol. The van der Waals surface area contributed by atoms with E-state index in [1.165, 1.54) is 37.4 Å². The molecular formula is C15H13FN2O5. The van der Waals surface area contributed by atoms with Crippen molar-refractivity contribution in [2.45, 2.75) is 6.61 Å². The number of anilines is 1. The number of halogens is 1. The molecule has 0 aliphatic carbocycles. The van der Waals surface area contributed by atoms with Crippen LogP contribution in [0.2, 0.25) is 0 Å². The Kier molecular flexibility index (Phi) is 4.75. The third-order valence-electron chi connectivity index (χ3n) is 3.07. The Labute approximate surface area is 130 Å². The molecule has 0 amide bonds. The van der Waals surface area contributed by atoms with Gasteiger partial charge in [-0.05, 0) is 24.3 Å². The van der Waals surface area contributed by atoms with E-state index in [1.807, 2.05) is 0 Å². The van der Waals surface area contributed by atoms with Crippen LogP contribution < -0.4 is 10.5 Å². The maximum absolute atomic E-state index is 13.2. The maximum Gasteiger partial charge on any atom is 0.340 e. The van der Waals surface area contributed by atoms with Gasteiger partial charge in [0.15, 0.2) is 0 Å². The van der Waals surface area contributed by atoms with Crippen LogP contribution in [0.4, 0.5) is 15.8 Å². The minimum atomic E-state index is -0.850. The van der Waals surface area contributed by atoms with Crippen molar-refractivity contribution in [3.05, 3.63) is 63.5 Å². The topological polar surface area (TPSA) is 105 Å². The summed E-state index contributed by atoms with van der Waals surface area (Å²) < 4.78 is 23.3. The van der Waals surface area contributed by atoms with Gasteiger partial charge in [0, 0.05) is 23.4 Å². The monoisotopic (exact) mass is 320 g/mol. The first-order valence-corrected chi connectivity index (χ1v) is 6.46. The molecule has 0 saturated carbocycles. The average Bonchev–Trinajstić information content (AvgIpc) is 2.53. The lowest BCUT2D eigenvalue weighted by Crippen LogP contribution is -2.09. The lowest BCUT2D eigenvalue weighted by atomic mass is 10.1. The van der Waals surface area contributed by atoms with E-state index in [1.54, 1.807) is 0 Å². The zero-order chi connectivity index (χ0) is 17.0. The third kappa shape index (κ3) is 3.73. The van der Waals surface area contributed by atoms with E-state index in [0.717, 1.165) is 6.07 Å². The second-order valence-corrected chi connectivity index (χ2v) is 4.56. The van der Waals surface area contributed by atoms with Crippen LogP contribution in [0, 0.1) is 15.9 Å². The molecule has 2 rings (SSSR count). The van der Waals surface area contributed by atoms with E-state index in [0.29, 0.717) is 11.3 Å². The van der Waals surface area contributed by atoms with Gasteiger partial charge in [-0.15, -0.1) is 0 Å². The second kappa shape index (κ2) is 6.73. The molecule has 0 aliphatic rings. The molecule has 0 spiro atoms. The summed E-state index contributed by atoms with van der Waals surface area (Å²) in [6.07, 6.45) is 0. The van der Waals surface area contributed by atoms with Crippen LogP contribution in [0.3, 0.4) is 0 Å². The summed E-state index contributed by atoms with van der Waals surface area (Å²) in [5.41, 5.74) is 5.59. The molecule has 2 aromatic carbocycles. The fraction of sp³-hybridized carbons (Fsp3) is 0.133. The summed E-state index contributed by atoms with van der Waals surface area (Å²) >= 11 is 0. The number of methoxy groups -OCH3 is 1. The molecule has 0 radical (unpaired) electrons. The van der Waals surface area contributed by atoms with Crippen molar-refractivity contribution < 1.29 is 23.6 Å². The first kappa shape index (κ1) is 16.2. The first-order chi connectivity index (χ1) is 10.9. The standard InChI is InChI=1S/C15H13FN2O5/c1-22-14-5-2-10(16)6-9(14)8-23-15(19)12-7-11(18(20)21)3-4-13(12)17/h2-7H,8,17H2,1H3. The minimum Gasteiger partial charge on any atom is -0.496 e. The number of carbonyl (C=O) groups is 1. The lowest BCUT2D eigenvalue weighted by Gasteiger charge is -2.10. The molecule has 0 fully saturated rings. The largest absolute Gasteiger partial charge is 0.496 e. The van der Waals surface area contributed by atoms with Crippen molar-refractivity contribution in [2.75, 3.05) is 12.8 Å². The number of nitro benzene ring substituents is 1. The van der Waals surface area contributed by atoms with Crippen LogP contribution in [0.1, 0.15) is 15.9 Å². The van der Waals surface area contributed by atoms with Gasteiger partial charge in [0.2, 0.25) is 0 Å². The number of benzene rings is 2. The molecule has 7 nitrogen and oxygen atoms in total. The van der Waals surface area contributed by atoms with Gasteiger partial charge in [-0.3, -0.25) is 10.1 Å². The quantitative estimate of drug-likeness (QED) is 0.393. The van der Waals surface area contributed by atoms with Gasteiger partial charge in [-0.25, -0.2) is 9.18 Å². The first-order valence-electron chi connectivity index (χ1n) is 6.46. The van der Waals surface area contributed by atoms with Crippen molar-refractivity contribution in [3.8, 4) is 5.75 Å². The summed E-state index contributed by atoms with van der Waals surface area (Å²) in [6, 6.07) is 7.24. The summed E-state index contributed by atoms with van der Waals surface area (Å²) in [4.78, 5) is 22.1. The highest BCUT2D eigenvalue weighted by Gasteiger charge is 2.17. The minimum absolute atomic E-state index is 0.0480. The molecule has 120 valence electrons. The Morgan fingerprint density at radius 2 is 2.04 bits per heavy atom. The predicted molar refractivity (Wildman–Crippen MR) is 79.6 cm³/mol. The summed E-state index contributed by atoms with van der Waals surface area (Å²) in [5.74, 6) is -1.00. The predicted octanol–water partition coefficient (Wildman–Crippen LogP) is 2.68. The number of nitrogen functional groups attached to an aromatic ring is 1. The summed E-state index contributed by atoms with van der Waals surface area (Å²) in [5, 5.41) is 10.7. The number of hydrogen-bond acceptors (Lipinski definition) is 6. The molecule has 0 heterocycles. The van der Waals surface area contributed by atoms with Crippen LogP contribution in [0.5, 0.6) is 5.75 Å². The Hall–Kier alpha value is -3.16. The molecule has 8 heteroatoms. The van der Waals surface area contributed by atoms with Gasteiger partial charge in [0.1, 0.15) is 18.2 Å². The van der Waals surface area contributed by atoms with Crippen LogP contribution >= 0.6 is 0 Å². The molecule has 0 saturated heterocycles. The highest BCUT2D eigenvalue weighted by Crippen LogP contribution is 2.23. The molecule has 2 aromatic rings. The SMILES string of the molecule is COc1ccc(F)cc1COC(=O)c1cc([N+](=O)[O-])ccc1N. The molecule has 23 heavy (non-hydrogen) atoms. The number of non-ortho nitro benzene ring substituents is 1. The normalized spacial score (nSPS) is 10.2. The van der Waals surface area contributed by atoms with Crippen molar-refractivity contribution in [1.29, 1.82) is 0 Å². The van der Waals surface area contributed by atoms with E-state index in [-0.39, 0.29) is 23.5 Å². The Balaban J connectivity index is 2.19. The van der Waals surface area contributed by atoms with E-state index >= 15 is 0 Å². The van der Waals surface area contributed by atoms with Gasteiger partial charge in [0.05, 0.1) is 17.6 Å². The van der Waals surface area contributed by atoms with Gasteiger partial charge in [-0.1, -0.05) is 0 Å². The van der Waals surface area contributed by atoms with E-state index in [4.69, 9.17) is 15.2 Å². The smallest absolute Gasteiger partial charge is 0.340 e. The van der Waals surface area contributed by atoms with Gasteiger partial charge >= 0.3 is 5.97 Å². The molecular weight excluding hydrogens is 307 g/mol. The van der Waals surface area contributed by atoms with Crippen molar-refractivity contribution in [2.24, 2.45) is 0 Å². The fourth-order valence-corrected chi connectivity index (χ4v) is 1.92. The Morgan fingerprint density at radius 3 is 2.70 bits per heavy atom. The molecule has 0 unspecified atom stereocenters. The highest BCUT2D eigenvalue weighted by molar-refractivity contribution is 5.95. The highest BCUT2D eigenvalue weighted by atomic mass is 19.1. The number of hydrogen-bond donors (Lipinski definition) is 1. The van der Waals surface area contributed by atoms with Gasteiger partial charge < -0.3 is 15.2 Å². The third-order valence-corrected chi connectivity index (χ3v) is 3.07. The zero-order valence-corrected chi connectivity index (χ0v) is 12.1. The Bertz CT molecular complexity index is 764. The number of nitro groups is 1. The summed E-state index contributed by atoms with van der Waals surface area (Å²) in [6.45, 7) is -0.262. The van der Waals surface area contributed by atoms with Crippen molar-refractivity contribution in [3.63, 3.8) is 0 Å². The maximum atomic E-state index is 13.2. The number of esters is 1. The number of ether oxygens (including phenoxy) is 2. The number of nitrogens with two attached hydrogens (primary N) is 1. The molecule has 0 aromatic heterocycles. The van der Waals surface area contributed by atoms with Crippen LogP contribution in [0.25, 0.3) is 0 Å². The van der Waals surface area contributed by atoms with E-state index in [9.17, 15) is 19.3 Å². The number of rotatable bonds is 5. The lowest BCUT2D eigenvalue weighted by molar-refractivity contribution is -0.384. The van der Waals surface area contributed by atoms with Crippen molar-refractivity contribution in [1.82, 2.24) is 0 Å². The van der Waals surface area contributed by atoms with Crippen LogP contribution in [-0.2, 0) is 11.3 Å². The zero-order valence-electron chi connectivity index (χ0n) is 12.1. The van der Waals surface area contributed by atoms with Crippen LogP contribution in [-0.4, -0.2) is 18.0 Å². The summed E-state index contributed by atoms with van der Waals surface area (Å²) in [7, 11) is 1.40. The van der Waals surface area contributed by atoms with E-state index < -0.39 is 16.7 Å².